The predicted molar refractivity (Wildman–Crippen MR) is 59.2 cm³/mol. The summed E-state index contributed by atoms with van der Waals surface area (Å²) in [5, 5.41) is 0. The summed E-state index contributed by atoms with van der Waals surface area (Å²) in [5.41, 5.74) is -0.349. The van der Waals surface area contributed by atoms with Gasteiger partial charge in [-0.25, -0.2) is 0 Å². The predicted octanol–water partition coefficient (Wildman–Crippen LogP) is -0.468. The van der Waals surface area contributed by atoms with Gasteiger partial charge in [0.05, 0.1) is 13.2 Å². The molecule has 0 saturated carbocycles. The number of nitrogens with zero attached hydrogens (tertiary/aromatic N) is 2. The molecule has 1 aliphatic rings. The molecule has 0 aromatic carbocycles. The number of rotatable bonds is 2. The second-order valence-corrected chi connectivity index (χ2v) is 3.60. The number of aromatic nitrogens is 2. The van der Waals surface area contributed by atoms with E-state index in [4.69, 9.17) is 9.47 Å². The van der Waals surface area contributed by atoms with E-state index in [0.717, 1.165) is 0 Å². The number of H-pyrrole nitrogens is 1. The lowest BCUT2D eigenvalue weighted by Gasteiger charge is -2.27. The molecule has 0 amide bonds. The molecule has 1 N–H and O–H groups in total. The first-order chi connectivity index (χ1) is 8.15. The minimum absolute atomic E-state index is 0.0773. The van der Waals surface area contributed by atoms with Gasteiger partial charge in [-0.2, -0.15) is 4.98 Å². The Morgan fingerprint density at radius 2 is 2.24 bits per heavy atom. The number of carbonyl (C=O) groups is 1. The molecule has 17 heavy (non-hydrogen) atoms. The van der Waals surface area contributed by atoms with Crippen LogP contribution >= 0.6 is 0 Å². The van der Waals surface area contributed by atoms with Crippen molar-refractivity contribution in [3.8, 4) is 6.01 Å². The van der Waals surface area contributed by atoms with Crippen molar-refractivity contribution in [3.05, 3.63) is 16.4 Å². The number of aromatic amines is 1. The number of ether oxygens (including phenoxy) is 2. The van der Waals surface area contributed by atoms with Crippen molar-refractivity contribution >= 4 is 11.8 Å². The second-order valence-electron chi connectivity index (χ2n) is 3.60. The molecular formula is C10H13N3O4. The Balaban J connectivity index is 2.24. The molecule has 0 spiro atoms. The molecule has 0 atom stereocenters. The summed E-state index contributed by atoms with van der Waals surface area (Å²) in [5.74, 6) is -0.0272. The summed E-state index contributed by atoms with van der Waals surface area (Å²) < 4.78 is 9.97. The highest BCUT2D eigenvalue weighted by Crippen LogP contribution is 2.12. The highest BCUT2D eigenvalue weighted by atomic mass is 16.5. The normalized spacial score (nSPS) is 15.7. The number of morpholine rings is 1. The lowest BCUT2D eigenvalue weighted by atomic mass is 10.4. The van der Waals surface area contributed by atoms with Crippen LogP contribution in [-0.4, -0.2) is 42.2 Å². The zero-order valence-electron chi connectivity index (χ0n) is 9.43. The number of nitrogens with one attached hydrogen (secondary N) is 1. The second kappa shape index (κ2) is 4.96. The average molecular weight is 239 g/mol. The van der Waals surface area contributed by atoms with Crippen LogP contribution < -0.4 is 15.2 Å². The Morgan fingerprint density at radius 1 is 1.53 bits per heavy atom. The van der Waals surface area contributed by atoms with Gasteiger partial charge in [0.2, 0.25) is 0 Å². The van der Waals surface area contributed by atoms with E-state index in [-0.39, 0.29) is 11.6 Å². The summed E-state index contributed by atoms with van der Waals surface area (Å²) in [4.78, 5) is 30.5. The lowest BCUT2D eigenvalue weighted by molar-refractivity contribution is -0.132. The van der Waals surface area contributed by atoms with Gasteiger partial charge in [0.25, 0.3) is 5.56 Å². The molecule has 0 radical (unpaired) electrons. The van der Waals surface area contributed by atoms with Crippen molar-refractivity contribution < 1.29 is 14.3 Å². The minimum Gasteiger partial charge on any atom is -0.392 e. The molecule has 0 bridgehead atoms. The fourth-order valence-electron chi connectivity index (χ4n) is 1.56. The molecule has 7 nitrogen and oxygen atoms in total. The van der Waals surface area contributed by atoms with Gasteiger partial charge in [-0.3, -0.25) is 14.6 Å². The standard InChI is InChI=1S/C10H13N3O4/c1-7(14)17-10-11-8(6-9(15)12-10)13-2-4-16-5-3-13/h6H,2-5H2,1H3,(H,11,12,15). The first kappa shape index (κ1) is 11.6. The highest BCUT2D eigenvalue weighted by molar-refractivity contribution is 5.68. The van der Waals surface area contributed by atoms with Gasteiger partial charge >= 0.3 is 12.0 Å². The van der Waals surface area contributed by atoms with Crippen LogP contribution in [0, 0.1) is 0 Å². The van der Waals surface area contributed by atoms with E-state index in [1.807, 2.05) is 4.90 Å². The van der Waals surface area contributed by atoms with E-state index < -0.39 is 5.97 Å². The highest BCUT2D eigenvalue weighted by Gasteiger charge is 2.14. The maximum Gasteiger partial charge on any atom is 0.310 e. The third-order valence-corrected chi connectivity index (χ3v) is 2.28. The van der Waals surface area contributed by atoms with E-state index in [9.17, 15) is 9.59 Å². The third kappa shape index (κ3) is 3.04. The first-order valence-electron chi connectivity index (χ1n) is 5.27. The molecule has 1 aromatic heterocycles. The Bertz CT molecular complexity index is 465. The fourth-order valence-corrected chi connectivity index (χ4v) is 1.56. The topological polar surface area (TPSA) is 84.5 Å². The molecule has 1 aliphatic heterocycles. The number of hydrogen-bond donors (Lipinski definition) is 1. The van der Waals surface area contributed by atoms with Crippen molar-refractivity contribution in [2.24, 2.45) is 0 Å². The third-order valence-electron chi connectivity index (χ3n) is 2.28. The van der Waals surface area contributed by atoms with Crippen molar-refractivity contribution in [2.75, 3.05) is 31.2 Å². The molecule has 2 heterocycles. The van der Waals surface area contributed by atoms with E-state index in [1.165, 1.54) is 13.0 Å². The van der Waals surface area contributed by atoms with Crippen LogP contribution in [0.15, 0.2) is 10.9 Å². The zero-order valence-corrected chi connectivity index (χ0v) is 9.43. The van der Waals surface area contributed by atoms with E-state index in [2.05, 4.69) is 9.97 Å². The summed E-state index contributed by atoms with van der Waals surface area (Å²) >= 11 is 0. The molecule has 2 rings (SSSR count). The van der Waals surface area contributed by atoms with Crippen LogP contribution in [0.4, 0.5) is 5.82 Å². The van der Waals surface area contributed by atoms with Gasteiger partial charge in [-0.15, -0.1) is 0 Å². The number of hydrogen-bond acceptors (Lipinski definition) is 6. The fraction of sp³-hybridized carbons (Fsp3) is 0.500. The molecule has 92 valence electrons. The molecule has 0 unspecified atom stereocenters. The number of carbonyl (C=O) groups excluding carboxylic acids is 1. The van der Waals surface area contributed by atoms with E-state index in [1.54, 1.807) is 0 Å². The van der Waals surface area contributed by atoms with Crippen LogP contribution in [-0.2, 0) is 9.53 Å². The largest absolute Gasteiger partial charge is 0.392 e. The molecule has 1 fully saturated rings. The van der Waals surface area contributed by atoms with Gasteiger partial charge in [-0.05, 0) is 0 Å². The molecule has 1 saturated heterocycles. The van der Waals surface area contributed by atoms with Crippen molar-refractivity contribution in [1.29, 1.82) is 0 Å². The Morgan fingerprint density at radius 3 is 2.88 bits per heavy atom. The van der Waals surface area contributed by atoms with Crippen LogP contribution in [0.5, 0.6) is 6.01 Å². The number of esters is 1. The van der Waals surface area contributed by atoms with Crippen molar-refractivity contribution in [1.82, 2.24) is 9.97 Å². The first-order valence-corrected chi connectivity index (χ1v) is 5.27. The van der Waals surface area contributed by atoms with Gasteiger partial charge < -0.3 is 14.4 Å². The van der Waals surface area contributed by atoms with E-state index in [0.29, 0.717) is 32.1 Å². The van der Waals surface area contributed by atoms with Gasteiger partial charge in [0.1, 0.15) is 5.82 Å². The molecule has 0 aliphatic carbocycles. The lowest BCUT2D eigenvalue weighted by Crippen LogP contribution is -2.37. The quantitative estimate of drug-likeness (QED) is 0.702. The van der Waals surface area contributed by atoms with Gasteiger partial charge in [0.15, 0.2) is 0 Å². The molecular weight excluding hydrogens is 226 g/mol. The van der Waals surface area contributed by atoms with Crippen LogP contribution in [0.1, 0.15) is 6.92 Å². The summed E-state index contributed by atoms with van der Waals surface area (Å²) in [7, 11) is 0. The Kier molecular flexibility index (Phi) is 3.38. The number of anilines is 1. The molecule has 1 aromatic rings. The average Bonchev–Trinajstić information content (AvgIpc) is 2.28. The maximum atomic E-state index is 11.4. The minimum atomic E-state index is -0.521. The van der Waals surface area contributed by atoms with Crippen molar-refractivity contribution in [3.63, 3.8) is 0 Å². The SMILES string of the molecule is CC(=O)Oc1nc(N2CCOCC2)cc(=O)[nH]1. The van der Waals surface area contributed by atoms with Gasteiger partial charge in [-0.1, -0.05) is 0 Å². The van der Waals surface area contributed by atoms with Crippen LogP contribution in [0.3, 0.4) is 0 Å². The monoisotopic (exact) mass is 239 g/mol. The zero-order chi connectivity index (χ0) is 12.3. The van der Waals surface area contributed by atoms with E-state index >= 15 is 0 Å². The van der Waals surface area contributed by atoms with Gasteiger partial charge in [0, 0.05) is 26.1 Å². The summed E-state index contributed by atoms with van der Waals surface area (Å²) in [6.07, 6.45) is 0. The molecule has 7 heteroatoms. The van der Waals surface area contributed by atoms with Crippen LogP contribution in [0.2, 0.25) is 0 Å². The van der Waals surface area contributed by atoms with Crippen molar-refractivity contribution in [2.45, 2.75) is 6.92 Å². The van der Waals surface area contributed by atoms with Crippen LogP contribution in [0.25, 0.3) is 0 Å². The maximum absolute atomic E-state index is 11.4. The smallest absolute Gasteiger partial charge is 0.310 e. The Labute approximate surface area is 97.4 Å². The Hall–Kier alpha value is -1.89. The summed E-state index contributed by atoms with van der Waals surface area (Å²) in [6, 6.07) is 1.30. The summed E-state index contributed by atoms with van der Waals surface area (Å²) in [6.45, 7) is 3.77.